The number of nitrogens with zero attached hydrogens (tertiary/aromatic N) is 4. The molecule has 22 heavy (non-hydrogen) atoms. The number of hydrogen-bond donors (Lipinski definition) is 1. The van der Waals surface area contributed by atoms with Gasteiger partial charge in [0.25, 0.3) is 0 Å². The Labute approximate surface area is 134 Å². The molecule has 1 fully saturated rings. The van der Waals surface area contributed by atoms with E-state index in [0.29, 0.717) is 25.1 Å². The molecule has 1 aromatic heterocycles. The van der Waals surface area contributed by atoms with Crippen LogP contribution in [-0.4, -0.2) is 41.3 Å². The van der Waals surface area contributed by atoms with Crippen LogP contribution in [0.3, 0.4) is 0 Å². The molecular formula is C15H18ClN5O. The van der Waals surface area contributed by atoms with Crippen molar-refractivity contribution in [2.45, 2.75) is 13.8 Å². The molecule has 1 aliphatic rings. The predicted molar refractivity (Wildman–Crippen MR) is 87.1 cm³/mol. The summed E-state index contributed by atoms with van der Waals surface area (Å²) in [6.07, 6.45) is 0. The van der Waals surface area contributed by atoms with Gasteiger partial charge in [0.1, 0.15) is 0 Å². The molecule has 0 amide bonds. The van der Waals surface area contributed by atoms with E-state index in [-0.39, 0.29) is 5.28 Å². The van der Waals surface area contributed by atoms with E-state index < -0.39 is 0 Å². The molecule has 0 radical (unpaired) electrons. The highest BCUT2D eigenvalue weighted by atomic mass is 35.5. The Morgan fingerprint density at radius 3 is 2.41 bits per heavy atom. The summed E-state index contributed by atoms with van der Waals surface area (Å²) < 4.78 is 5.34. The normalized spacial score (nSPS) is 15.0. The number of rotatable bonds is 3. The van der Waals surface area contributed by atoms with Crippen LogP contribution in [0.25, 0.3) is 0 Å². The molecule has 7 heteroatoms. The maximum absolute atomic E-state index is 6.04. The van der Waals surface area contributed by atoms with Gasteiger partial charge < -0.3 is 15.0 Å². The molecule has 0 atom stereocenters. The second-order valence-corrected chi connectivity index (χ2v) is 5.67. The van der Waals surface area contributed by atoms with E-state index in [1.807, 2.05) is 17.0 Å². The summed E-state index contributed by atoms with van der Waals surface area (Å²) in [7, 11) is 0. The maximum atomic E-state index is 6.04. The Balaban J connectivity index is 1.85. The van der Waals surface area contributed by atoms with Gasteiger partial charge in [-0.2, -0.15) is 15.0 Å². The van der Waals surface area contributed by atoms with E-state index in [2.05, 4.69) is 40.2 Å². The average molecular weight is 320 g/mol. The zero-order valence-corrected chi connectivity index (χ0v) is 13.4. The lowest BCUT2D eigenvalue weighted by molar-refractivity contribution is 0.122. The van der Waals surface area contributed by atoms with Crippen LogP contribution in [0.1, 0.15) is 11.1 Å². The molecule has 2 aromatic rings. The van der Waals surface area contributed by atoms with E-state index in [9.17, 15) is 0 Å². The van der Waals surface area contributed by atoms with Gasteiger partial charge in [-0.25, -0.2) is 0 Å². The standard InChI is InChI=1S/C15H18ClN5O/c1-10-7-11(2)9-12(8-10)17-14-18-13(16)19-15(20-14)21-3-5-22-6-4-21/h7-9H,3-6H2,1-2H3,(H,17,18,19,20). The fourth-order valence-electron chi connectivity index (χ4n) is 2.48. The van der Waals surface area contributed by atoms with E-state index in [0.717, 1.165) is 18.8 Å². The summed E-state index contributed by atoms with van der Waals surface area (Å²) in [5, 5.41) is 3.38. The molecule has 3 rings (SSSR count). The number of aromatic nitrogens is 3. The minimum atomic E-state index is 0.184. The van der Waals surface area contributed by atoms with Crippen molar-refractivity contribution >= 4 is 29.2 Å². The first-order chi connectivity index (χ1) is 10.6. The first-order valence-electron chi connectivity index (χ1n) is 7.20. The van der Waals surface area contributed by atoms with Crippen molar-refractivity contribution in [2.75, 3.05) is 36.5 Å². The van der Waals surface area contributed by atoms with Crippen molar-refractivity contribution in [3.8, 4) is 0 Å². The molecular weight excluding hydrogens is 302 g/mol. The highest BCUT2D eigenvalue weighted by molar-refractivity contribution is 6.28. The van der Waals surface area contributed by atoms with Gasteiger partial charge in [0, 0.05) is 18.8 Å². The van der Waals surface area contributed by atoms with Gasteiger partial charge >= 0.3 is 0 Å². The third-order valence-electron chi connectivity index (χ3n) is 3.37. The molecule has 1 aromatic carbocycles. The van der Waals surface area contributed by atoms with Crippen LogP contribution < -0.4 is 10.2 Å². The monoisotopic (exact) mass is 319 g/mol. The van der Waals surface area contributed by atoms with Crippen molar-refractivity contribution in [3.05, 3.63) is 34.6 Å². The lowest BCUT2D eigenvalue weighted by atomic mass is 10.1. The number of halogens is 1. The molecule has 6 nitrogen and oxygen atoms in total. The highest BCUT2D eigenvalue weighted by Crippen LogP contribution is 2.20. The number of aryl methyl sites for hydroxylation is 2. The van der Waals surface area contributed by atoms with E-state index in [4.69, 9.17) is 16.3 Å². The highest BCUT2D eigenvalue weighted by Gasteiger charge is 2.16. The Bertz CT molecular complexity index is 653. The van der Waals surface area contributed by atoms with Crippen molar-refractivity contribution in [1.82, 2.24) is 15.0 Å². The Hall–Kier alpha value is -1.92. The van der Waals surface area contributed by atoms with Gasteiger partial charge in [0.2, 0.25) is 17.2 Å². The van der Waals surface area contributed by atoms with Crippen molar-refractivity contribution < 1.29 is 4.74 Å². The van der Waals surface area contributed by atoms with Gasteiger partial charge in [-0.15, -0.1) is 0 Å². The van der Waals surface area contributed by atoms with Crippen molar-refractivity contribution in [2.24, 2.45) is 0 Å². The summed E-state index contributed by atoms with van der Waals surface area (Å²) >= 11 is 6.04. The van der Waals surface area contributed by atoms with E-state index in [1.165, 1.54) is 11.1 Å². The molecule has 1 aliphatic heterocycles. The van der Waals surface area contributed by atoms with E-state index in [1.54, 1.807) is 0 Å². The minimum absolute atomic E-state index is 0.184. The zero-order chi connectivity index (χ0) is 15.5. The topological polar surface area (TPSA) is 63.2 Å². The van der Waals surface area contributed by atoms with Crippen molar-refractivity contribution in [1.29, 1.82) is 0 Å². The van der Waals surface area contributed by atoms with Gasteiger partial charge in [0.05, 0.1) is 13.2 Å². The molecule has 116 valence electrons. The molecule has 2 heterocycles. The molecule has 0 unspecified atom stereocenters. The second kappa shape index (κ2) is 6.46. The van der Waals surface area contributed by atoms with Gasteiger partial charge in [-0.3, -0.25) is 0 Å². The number of nitrogens with one attached hydrogen (secondary N) is 1. The first-order valence-corrected chi connectivity index (χ1v) is 7.57. The molecule has 0 saturated carbocycles. The van der Waals surface area contributed by atoms with E-state index >= 15 is 0 Å². The zero-order valence-electron chi connectivity index (χ0n) is 12.6. The van der Waals surface area contributed by atoms with Crippen molar-refractivity contribution in [3.63, 3.8) is 0 Å². The van der Waals surface area contributed by atoms with Crippen LogP contribution in [0.15, 0.2) is 18.2 Å². The summed E-state index contributed by atoms with van der Waals surface area (Å²) in [6.45, 7) is 6.95. The summed E-state index contributed by atoms with van der Waals surface area (Å²) in [5.74, 6) is 1.03. The Morgan fingerprint density at radius 2 is 1.73 bits per heavy atom. The maximum Gasteiger partial charge on any atom is 0.233 e. The first kappa shape index (κ1) is 15.0. The van der Waals surface area contributed by atoms with Gasteiger partial charge in [-0.05, 0) is 48.7 Å². The fraction of sp³-hybridized carbons (Fsp3) is 0.400. The van der Waals surface area contributed by atoms with Gasteiger partial charge in [-0.1, -0.05) is 6.07 Å². The average Bonchev–Trinajstić information content (AvgIpc) is 2.46. The summed E-state index contributed by atoms with van der Waals surface area (Å²) in [5.41, 5.74) is 3.29. The summed E-state index contributed by atoms with van der Waals surface area (Å²) in [6, 6.07) is 6.20. The Kier molecular flexibility index (Phi) is 4.40. The number of anilines is 3. The van der Waals surface area contributed by atoms with Crippen LogP contribution in [0, 0.1) is 13.8 Å². The second-order valence-electron chi connectivity index (χ2n) is 5.33. The quantitative estimate of drug-likeness (QED) is 0.938. The van der Waals surface area contributed by atoms with Crippen LogP contribution in [0.5, 0.6) is 0 Å². The van der Waals surface area contributed by atoms with Crippen LogP contribution in [0.4, 0.5) is 17.6 Å². The number of ether oxygens (including phenoxy) is 1. The molecule has 1 saturated heterocycles. The fourth-order valence-corrected chi connectivity index (χ4v) is 2.63. The minimum Gasteiger partial charge on any atom is -0.378 e. The van der Waals surface area contributed by atoms with Gasteiger partial charge in [0.15, 0.2) is 0 Å². The molecule has 0 aliphatic carbocycles. The summed E-state index contributed by atoms with van der Waals surface area (Å²) in [4.78, 5) is 14.9. The molecule has 0 spiro atoms. The lowest BCUT2D eigenvalue weighted by Crippen LogP contribution is -2.37. The Morgan fingerprint density at radius 1 is 1.05 bits per heavy atom. The third kappa shape index (κ3) is 3.64. The SMILES string of the molecule is Cc1cc(C)cc(Nc2nc(Cl)nc(N3CCOCC3)n2)c1. The number of hydrogen-bond acceptors (Lipinski definition) is 6. The van der Waals surface area contributed by atoms with Crippen LogP contribution in [-0.2, 0) is 4.74 Å². The predicted octanol–water partition coefficient (Wildman–Crippen LogP) is 2.72. The third-order valence-corrected chi connectivity index (χ3v) is 3.54. The number of morpholine rings is 1. The largest absolute Gasteiger partial charge is 0.378 e. The smallest absolute Gasteiger partial charge is 0.233 e. The molecule has 1 N–H and O–H groups in total. The number of benzene rings is 1. The van der Waals surface area contributed by atoms with Crippen LogP contribution in [0.2, 0.25) is 5.28 Å². The van der Waals surface area contributed by atoms with Crippen LogP contribution >= 0.6 is 11.6 Å². The molecule has 0 bridgehead atoms. The lowest BCUT2D eigenvalue weighted by Gasteiger charge is -2.26.